The number of benzene rings is 18. The van der Waals surface area contributed by atoms with Gasteiger partial charge in [0.2, 0.25) is 0 Å². The molecular weight excluding hydrogens is 1700 g/mol. The number of para-hydroxylation sites is 7. The highest BCUT2D eigenvalue weighted by Gasteiger charge is 2.39. The number of nitrogens with zero attached hydrogens (tertiary/aromatic N) is 9. The molecule has 11 heterocycles. The first-order chi connectivity index (χ1) is 67.7. The number of rotatable bonds is 9. The first kappa shape index (κ1) is 77.8. The first-order valence-electron chi connectivity index (χ1n) is 46.1. The zero-order valence-electron chi connectivity index (χ0n) is 73.9. The Balaban J connectivity index is 0.000000102. The summed E-state index contributed by atoms with van der Waals surface area (Å²) in [4.78, 5) is 30.7. The lowest BCUT2D eigenvalue weighted by atomic mass is 9.81. The Bertz CT molecular complexity index is 9670. The summed E-state index contributed by atoms with van der Waals surface area (Å²) in [6.07, 6.45) is 0. The van der Waals surface area contributed by atoms with E-state index in [1.165, 1.54) is 91.4 Å². The SMILES string of the molecule is CC1(C)c2ccccc2-c2ccc3c4ccccc4n(-c4ccc(-c5nc(-c6ccccc6)c6oc7ccccc7c6n5)cc4)c3c21.c1ccc(-c2nc(-c3cccc(-n4c5ccccc5c5ccc6c7ccccc7oc6c54)c3)nc3c2oc2ccccc23)cc1.c1ccc(-c2nc(-c3cccc(-n4c5ccccc5c5ccc6c7ccccc7sc6c54)c3)nc3c2oc2ccccc23)cc1. The summed E-state index contributed by atoms with van der Waals surface area (Å²) in [5, 5.41) is 15.1. The topological polar surface area (TPSA) is 145 Å². The Labute approximate surface area is 786 Å². The van der Waals surface area contributed by atoms with Gasteiger partial charge in [0.25, 0.3) is 0 Å². The number of hydrogen-bond acceptors (Lipinski definition) is 11. The fourth-order valence-electron chi connectivity index (χ4n) is 21.4. The summed E-state index contributed by atoms with van der Waals surface area (Å²) >= 11 is 1.86. The maximum absolute atomic E-state index is 6.56. The van der Waals surface area contributed by atoms with Crippen molar-refractivity contribution < 1.29 is 17.7 Å². The van der Waals surface area contributed by atoms with Crippen LogP contribution in [-0.2, 0) is 5.41 Å². The lowest BCUT2D eigenvalue weighted by molar-refractivity contribution is 0.664. The van der Waals surface area contributed by atoms with E-state index in [0.29, 0.717) is 34.2 Å². The average Bonchev–Trinajstić information content (AvgIpc) is 1.53. The standard InChI is InChI=1S/C43H29N3O.C40H23N3O2.C40H23N3OS/c1-43(2)34-17-9-6-14-29(34)31-24-25-32-30-15-7-10-18-35(30)46(40(32)37(31)43)28-22-20-27(21-23-28)42-44-38(26-12-4-3-5-13-26)41-39(45-42)33-16-8-11-19-36(33)47-41;1-2-11-24(12-3-1)35-39-36(31-17-6-9-20-34(31)45-39)42-40(41-35)25-13-10-14-26(23-25)43-32-18-7-4-15-27(32)29-21-22-30-28-16-5-8-19-33(28)44-38(30)37(29)43;1-2-11-24(12-3-1)35-38-36(31-17-5-8-19-33(31)44-38)42-40(41-35)25-13-10-14-26(23-25)43-32-18-7-4-15-27(32)29-21-22-30-28-16-6-9-20-34(28)45-39(30)37(29)43/h3-25H,1-2H3;2*1-23H. The van der Waals surface area contributed by atoms with Crippen molar-refractivity contribution in [3.05, 3.63) is 430 Å². The molecule has 0 amide bonds. The van der Waals surface area contributed by atoms with E-state index in [0.717, 1.165) is 155 Å². The summed E-state index contributed by atoms with van der Waals surface area (Å²) in [5.74, 6) is 1.99. The van der Waals surface area contributed by atoms with Crippen molar-refractivity contribution in [1.29, 1.82) is 0 Å². The van der Waals surface area contributed by atoms with Crippen molar-refractivity contribution >= 4 is 185 Å². The van der Waals surface area contributed by atoms with Gasteiger partial charge in [-0.2, -0.15) is 0 Å². The highest BCUT2D eigenvalue weighted by molar-refractivity contribution is 7.26. The van der Waals surface area contributed by atoms with E-state index in [9.17, 15) is 0 Å². The van der Waals surface area contributed by atoms with Gasteiger partial charge in [-0.05, 0) is 144 Å². The van der Waals surface area contributed by atoms with Gasteiger partial charge in [-0.1, -0.05) is 311 Å². The summed E-state index contributed by atoms with van der Waals surface area (Å²) in [7, 11) is 0. The van der Waals surface area contributed by atoms with Gasteiger partial charge in [-0.3, -0.25) is 0 Å². The molecule has 18 aromatic carbocycles. The molecule has 0 atom stereocenters. The minimum Gasteiger partial charge on any atom is -0.454 e. The number of hydrogen-bond donors (Lipinski definition) is 0. The van der Waals surface area contributed by atoms with Crippen LogP contribution in [0.5, 0.6) is 0 Å². The van der Waals surface area contributed by atoms with Crippen LogP contribution in [0.25, 0.3) is 270 Å². The molecule has 30 rings (SSSR count). The number of thiophene rings is 1. The Hall–Kier alpha value is -18.0. The first-order valence-corrected chi connectivity index (χ1v) is 46.9. The fraction of sp³-hybridized carbons (Fsp3) is 0.0244. The van der Waals surface area contributed by atoms with Crippen LogP contribution in [0.2, 0.25) is 0 Å². The van der Waals surface area contributed by atoms with Crippen LogP contribution < -0.4 is 0 Å². The van der Waals surface area contributed by atoms with Crippen molar-refractivity contribution in [3.8, 4) is 96.1 Å². The zero-order chi connectivity index (χ0) is 90.2. The number of fused-ring (bicyclic) bond motifs is 30. The summed E-state index contributed by atoms with van der Waals surface area (Å²) < 4.78 is 35.3. The van der Waals surface area contributed by atoms with Gasteiger partial charge in [0, 0.05) is 131 Å². The molecule has 0 radical (unpaired) electrons. The molecule has 0 saturated carbocycles. The van der Waals surface area contributed by atoms with Crippen molar-refractivity contribution in [1.82, 2.24) is 43.6 Å². The van der Waals surface area contributed by atoms with Crippen molar-refractivity contribution in [2.75, 3.05) is 0 Å². The Morgan fingerprint density at radius 3 is 1.11 bits per heavy atom. The van der Waals surface area contributed by atoms with E-state index in [1.54, 1.807) is 0 Å². The van der Waals surface area contributed by atoms with Gasteiger partial charge in [-0.25, -0.2) is 29.9 Å². The molecule has 0 N–H and O–H groups in total. The normalized spacial score (nSPS) is 12.5. The largest absolute Gasteiger partial charge is 0.454 e. The number of furan rings is 4. The number of aromatic nitrogens is 9. The molecule has 0 aliphatic heterocycles. The van der Waals surface area contributed by atoms with E-state index in [1.807, 2.05) is 133 Å². The Kier molecular flexibility index (Phi) is 17.3. The van der Waals surface area contributed by atoms with Gasteiger partial charge in [0.1, 0.15) is 56.0 Å². The third-order valence-corrected chi connectivity index (χ3v) is 28.8. The second-order valence-corrected chi connectivity index (χ2v) is 36.8. The second-order valence-electron chi connectivity index (χ2n) is 35.7. The Morgan fingerprint density at radius 1 is 0.234 bits per heavy atom. The van der Waals surface area contributed by atoms with Gasteiger partial charge in [0.15, 0.2) is 39.8 Å². The van der Waals surface area contributed by atoms with Crippen LogP contribution in [0.4, 0.5) is 0 Å². The highest BCUT2D eigenvalue weighted by atomic mass is 32.1. The van der Waals surface area contributed by atoms with E-state index >= 15 is 0 Å². The fourth-order valence-corrected chi connectivity index (χ4v) is 22.7. The van der Waals surface area contributed by atoms with Crippen LogP contribution in [0.15, 0.2) is 436 Å². The minimum absolute atomic E-state index is 0.137. The van der Waals surface area contributed by atoms with Crippen LogP contribution in [0.3, 0.4) is 0 Å². The van der Waals surface area contributed by atoms with Crippen LogP contribution >= 0.6 is 11.3 Å². The van der Waals surface area contributed by atoms with E-state index in [-0.39, 0.29) is 5.41 Å². The monoisotopic (exact) mass is 1770 g/mol. The molecule has 0 fully saturated rings. The molecule has 137 heavy (non-hydrogen) atoms. The predicted molar refractivity (Wildman–Crippen MR) is 561 cm³/mol. The third-order valence-electron chi connectivity index (χ3n) is 27.6. The molecule has 0 spiro atoms. The quantitative estimate of drug-likeness (QED) is 0.137. The molecule has 14 heteroatoms. The predicted octanol–water partition coefficient (Wildman–Crippen LogP) is 33.0. The average molecular weight is 1780 g/mol. The van der Waals surface area contributed by atoms with Crippen LogP contribution in [-0.4, -0.2) is 43.6 Å². The van der Waals surface area contributed by atoms with E-state index in [2.05, 4.69) is 325 Å². The maximum Gasteiger partial charge on any atom is 0.180 e. The van der Waals surface area contributed by atoms with E-state index in [4.69, 9.17) is 47.6 Å². The molecule has 0 unspecified atom stereocenters. The summed E-state index contributed by atoms with van der Waals surface area (Å²) in [6, 6.07) is 146. The van der Waals surface area contributed by atoms with E-state index < -0.39 is 0 Å². The third kappa shape index (κ3) is 12.1. The molecule has 0 bridgehead atoms. The van der Waals surface area contributed by atoms with Crippen molar-refractivity contribution in [2.45, 2.75) is 19.3 Å². The van der Waals surface area contributed by atoms with Gasteiger partial charge in [-0.15, -0.1) is 11.3 Å². The molecule has 0 saturated heterocycles. The van der Waals surface area contributed by atoms with Gasteiger partial charge < -0.3 is 31.4 Å². The second kappa shape index (κ2) is 30.5. The minimum atomic E-state index is -0.137. The Morgan fingerprint density at radius 2 is 0.599 bits per heavy atom. The molecule has 13 nitrogen and oxygen atoms in total. The van der Waals surface area contributed by atoms with Crippen LogP contribution in [0, 0.1) is 0 Å². The molecule has 11 aromatic heterocycles. The summed E-state index contributed by atoms with van der Waals surface area (Å²) in [6.45, 7) is 4.72. The van der Waals surface area contributed by atoms with Crippen molar-refractivity contribution in [3.63, 3.8) is 0 Å². The van der Waals surface area contributed by atoms with Crippen LogP contribution in [0.1, 0.15) is 25.0 Å². The lowest BCUT2D eigenvalue weighted by Crippen LogP contribution is -2.16. The zero-order valence-corrected chi connectivity index (χ0v) is 74.7. The van der Waals surface area contributed by atoms with Gasteiger partial charge in [0.05, 0.1) is 37.8 Å². The highest BCUT2D eigenvalue weighted by Crippen LogP contribution is 2.54. The summed E-state index contributed by atoms with van der Waals surface area (Å²) in [5.41, 5.74) is 32.4. The maximum atomic E-state index is 6.56. The lowest BCUT2D eigenvalue weighted by Gasteiger charge is -2.23. The molecular formula is C123H75N9O4S. The molecule has 29 aromatic rings. The van der Waals surface area contributed by atoms with Crippen molar-refractivity contribution in [2.24, 2.45) is 0 Å². The molecule has 1 aliphatic carbocycles. The molecule has 642 valence electrons. The molecule has 1 aliphatic rings. The van der Waals surface area contributed by atoms with Gasteiger partial charge >= 0.3 is 0 Å². The smallest absolute Gasteiger partial charge is 0.180 e.